The monoisotopic (exact) mass is 289 g/mol. The van der Waals surface area contributed by atoms with Crippen LogP contribution in [0.1, 0.15) is 24.0 Å². The third kappa shape index (κ3) is 4.53. The fourth-order valence-electron chi connectivity index (χ4n) is 2.85. The molecule has 114 valence electrons. The van der Waals surface area contributed by atoms with Crippen molar-refractivity contribution in [3.8, 4) is 11.8 Å². The van der Waals surface area contributed by atoms with Crippen molar-refractivity contribution in [2.45, 2.75) is 25.4 Å². The molecule has 2 N–H and O–H groups in total. The quantitative estimate of drug-likeness (QED) is 0.859. The van der Waals surface area contributed by atoms with Gasteiger partial charge in [0.15, 0.2) is 0 Å². The maximum absolute atomic E-state index is 13.4. The molecule has 0 aliphatic carbocycles. The van der Waals surface area contributed by atoms with E-state index in [0.29, 0.717) is 12.6 Å². The van der Waals surface area contributed by atoms with Crippen LogP contribution in [0, 0.1) is 17.7 Å². The maximum atomic E-state index is 13.4. The SMILES string of the molecule is CN1CCCC(N(C)Cc2ccc(F)cc2C#CCN)C1. The van der Waals surface area contributed by atoms with Gasteiger partial charge >= 0.3 is 0 Å². The first-order valence-corrected chi connectivity index (χ1v) is 7.46. The number of halogens is 1. The lowest BCUT2D eigenvalue weighted by Crippen LogP contribution is -2.44. The summed E-state index contributed by atoms with van der Waals surface area (Å²) in [6.07, 6.45) is 2.45. The average Bonchev–Trinajstić information content (AvgIpc) is 2.47. The van der Waals surface area contributed by atoms with E-state index in [9.17, 15) is 4.39 Å². The molecule has 0 aromatic heterocycles. The molecule has 3 nitrogen and oxygen atoms in total. The highest BCUT2D eigenvalue weighted by atomic mass is 19.1. The molecule has 21 heavy (non-hydrogen) atoms. The van der Waals surface area contributed by atoms with Crippen LogP contribution in [0.4, 0.5) is 4.39 Å². The molecule has 0 saturated carbocycles. The second-order valence-corrected chi connectivity index (χ2v) is 5.78. The van der Waals surface area contributed by atoms with Crippen LogP contribution in [0.2, 0.25) is 0 Å². The normalized spacial score (nSPS) is 19.4. The second kappa shape index (κ2) is 7.56. The summed E-state index contributed by atoms with van der Waals surface area (Å²) in [5.41, 5.74) is 7.22. The van der Waals surface area contributed by atoms with Crippen LogP contribution in [0.25, 0.3) is 0 Å². The lowest BCUT2D eigenvalue weighted by Gasteiger charge is -2.36. The van der Waals surface area contributed by atoms with Gasteiger partial charge in [0.25, 0.3) is 0 Å². The Labute approximate surface area is 126 Å². The number of likely N-dealkylation sites (N-methyl/N-ethyl adjacent to an activating group) is 2. The van der Waals surface area contributed by atoms with Crippen molar-refractivity contribution in [2.24, 2.45) is 5.73 Å². The molecule has 2 rings (SSSR count). The number of hydrogen-bond donors (Lipinski definition) is 1. The van der Waals surface area contributed by atoms with Gasteiger partial charge in [0.2, 0.25) is 0 Å². The third-order valence-corrected chi connectivity index (χ3v) is 4.04. The van der Waals surface area contributed by atoms with Crippen LogP contribution < -0.4 is 5.73 Å². The molecular weight excluding hydrogens is 265 g/mol. The van der Waals surface area contributed by atoms with E-state index in [0.717, 1.165) is 24.2 Å². The van der Waals surface area contributed by atoms with Gasteiger partial charge in [-0.25, -0.2) is 4.39 Å². The summed E-state index contributed by atoms with van der Waals surface area (Å²) < 4.78 is 13.4. The molecule has 0 bridgehead atoms. The van der Waals surface area contributed by atoms with Gasteiger partial charge in [0.05, 0.1) is 6.54 Å². The number of piperidine rings is 1. The van der Waals surface area contributed by atoms with Gasteiger partial charge < -0.3 is 10.6 Å². The van der Waals surface area contributed by atoms with E-state index in [-0.39, 0.29) is 5.82 Å². The largest absolute Gasteiger partial charge is 0.320 e. The highest BCUT2D eigenvalue weighted by molar-refractivity contribution is 5.41. The van der Waals surface area contributed by atoms with Gasteiger partial charge in [-0.3, -0.25) is 4.90 Å². The van der Waals surface area contributed by atoms with E-state index in [2.05, 4.69) is 35.7 Å². The fourth-order valence-corrected chi connectivity index (χ4v) is 2.85. The van der Waals surface area contributed by atoms with E-state index in [4.69, 9.17) is 5.73 Å². The minimum absolute atomic E-state index is 0.250. The van der Waals surface area contributed by atoms with E-state index >= 15 is 0 Å². The zero-order chi connectivity index (χ0) is 15.2. The minimum Gasteiger partial charge on any atom is -0.320 e. The predicted molar refractivity (Wildman–Crippen MR) is 84.3 cm³/mol. The van der Waals surface area contributed by atoms with Crippen molar-refractivity contribution >= 4 is 0 Å². The van der Waals surface area contributed by atoms with Crippen molar-refractivity contribution in [1.29, 1.82) is 0 Å². The van der Waals surface area contributed by atoms with Gasteiger partial charge in [0.1, 0.15) is 5.82 Å². The summed E-state index contributed by atoms with van der Waals surface area (Å²) in [5.74, 6) is 5.55. The molecule has 1 atom stereocenters. The molecule has 1 heterocycles. The third-order valence-electron chi connectivity index (χ3n) is 4.04. The smallest absolute Gasteiger partial charge is 0.124 e. The number of likely N-dealkylation sites (tertiary alicyclic amines) is 1. The van der Waals surface area contributed by atoms with Gasteiger partial charge in [-0.05, 0) is 51.2 Å². The number of benzene rings is 1. The van der Waals surface area contributed by atoms with Crippen LogP contribution in [-0.4, -0.2) is 49.6 Å². The van der Waals surface area contributed by atoms with E-state index in [1.807, 2.05) is 6.07 Å². The standard InChI is InChI=1S/C17H24FN3/c1-20-10-4-6-17(13-20)21(2)12-15-7-8-16(18)11-14(15)5-3-9-19/h7-8,11,17H,4,6,9-10,12-13,19H2,1-2H3. The first kappa shape index (κ1) is 16.0. The average molecular weight is 289 g/mol. The summed E-state index contributed by atoms with van der Waals surface area (Å²) in [7, 11) is 4.30. The molecule has 1 aliphatic heterocycles. The fraction of sp³-hybridized carbons (Fsp3) is 0.529. The van der Waals surface area contributed by atoms with Crippen LogP contribution in [-0.2, 0) is 6.54 Å². The molecule has 0 amide bonds. The van der Waals surface area contributed by atoms with Crippen LogP contribution in [0.3, 0.4) is 0 Å². The Morgan fingerprint density at radius 1 is 1.48 bits per heavy atom. The Hall–Kier alpha value is -1.41. The van der Waals surface area contributed by atoms with Crippen LogP contribution >= 0.6 is 0 Å². The maximum Gasteiger partial charge on any atom is 0.124 e. The Morgan fingerprint density at radius 3 is 3.00 bits per heavy atom. The van der Waals surface area contributed by atoms with Crippen molar-refractivity contribution in [1.82, 2.24) is 9.80 Å². The highest BCUT2D eigenvalue weighted by Gasteiger charge is 2.21. The van der Waals surface area contributed by atoms with Crippen molar-refractivity contribution in [3.05, 3.63) is 35.1 Å². The van der Waals surface area contributed by atoms with Gasteiger partial charge in [-0.1, -0.05) is 17.9 Å². The molecule has 4 heteroatoms. The molecule has 0 spiro atoms. The molecule has 1 saturated heterocycles. The van der Waals surface area contributed by atoms with Crippen LogP contribution in [0.15, 0.2) is 18.2 Å². The van der Waals surface area contributed by atoms with E-state index < -0.39 is 0 Å². The topological polar surface area (TPSA) is 32.5 Å². The molecule has 1 aliphatic rings. The lowest BCUT2D eigenvalue weighted by molar-refractivity contribution is 0.129. The van der Waals surface area contributed by atoms with Gasteiger partial charge in [0, 0.05) is 24.7 Å². The second-order valence-electron chi connectivity index (χ2n) is 5.78. The summed E-state index contributed by atoms with van der Waals surface area (Å²) in [6, 6.07) is 5.38. The molecule has 1 fully saturated rings. The zero-order valence-corrected chi connectivity index (χ0v) is 12.9. The molecule has 1 unspecified atom stereocenters. The van der Waals surface area contributed by atoms with Crippen LogP contribution in [0.5, 0.6) is 0 Å². The first-order chi connectivity index (χ1) is 10.1. The summed E-state index contributed by atoms with van der Waals surface area (Å²) in [5, 5.41) is 0. The lowest BCUT2D eigenvalue weighted by atomic mass is 10.0. The van der Waals surface area contributed by atoms with Gasteiger partial charge in [-0.2, -0.15) is 0 Å². The minimum atomic E-state index is -0.250. The zero-order valence-electron chi connectivity index (χ0n) is 12.9. The van der Waals surface area contributed by atoms with E-state index in [1.54, 1.807) is 0 Å². The van der Waals surface area contributed by atoms with Crippen molar-refractivity contribution < 1.29 is 4.39 Å². The summed E-state index contributed by atoms with van der Waals surface area (Å²) in [6.45, 7) is 3.34. The number of hydrogen-bond acceptors (Lipinski definition) is 3. The summed E-state index contributed by atoms with van der Waals surface area (Å²) in [4.78, 5) is 4.71. The number of rotatable bonds is 3. The predicted octanol–water partition coefficient (Wildman–Crippen LogP) is 1.66. The molecule has 1 aromatic rings. The highest BCUT2D eigenvalue weighted by Crippen LogP contribution is 2.18. The van der Waals surface area contributed by atoms with Crippen molar-refractivity contribution in [3.63, 3.8) is 0 Å². The molecule has 1 aromatic carbocycles. The Morgan fingerprint density at radius 2 is 2.29 bits per heavy atom. The summed E-state index contributed by atoms with van der Waals surface area (Å²) >= 11 is 0. The Balaban J connectivity index is 2.11. The first-order valence-electron chi connectivity index (χ1n) is 7.46. The number of nitrogens with zero attached hydrogens (tertiary/aromatic N) is 2. The van der Waals surface area contributed by atoms with Crippen molar-refractivity contribution in [2.75, 3.05) is 33.7 Å². The Kier molecular flexibility index (Phi) is 5.75. The van der Waals surface area contributed by atoms with Gasteiger partial charge in [-0.15, -0.1) is 0 Å². The Bertz CT molecular complexity index is 533. The van der Waals surface area contributed by atoms with E-state index in [1.165, 1.54) is 31.5 Å². The number of nitrogens with two attached hydrogens (primary N) is 1. The molecular formula is C17H24FN3. The molecule has 0 radical (unpaired) electrons.